The van der Waals surface area contributed by atoms with Crippen molar-refractivity contribution in [2.24, 2.45) is 0 Å². The molecule has 2 amide bonds. The molecule has 0 aromatic heterocycles. The van der Waals surface area contributed by atoms with Gasteiger partial charge < -0.3 is 15.0 Å². The van der Waals surface area contributed by atoms with Gasteiger partial charge in [0.1, 0.15) is 11.8 Å². The maximum Gasteiger partial charge on any atom is 0.243 e. The first kappa shape index (κ1) is 24.4. The van der Waals surface area contributed by atoms with E-state index >= 15 is 0 Å². The Morgan fingerprint density at radius 3 is 2.29 bits per heavy atom. The summed E-state index contributed by atoms with van der Waals surface area (Å²) in [7, 11) is 1.63. The predicted octanol–water partition coefficient (Wildman–Crippen LogP) is 4.58. The summed E-state index contributed by atoms with van der Waals surface area (Å²) in [6.45, 7) is 10.4. The van der Waals surface area contributed by atoms with Crippen LogP contribution in [0.5, 0.6) is 5.75 Å². The predicted molar refractivity (Wildman–Crippen MR) is 125 cm³/mol. The van der Waals surface area contributed by atoms with Gasteiger partial charge in [0.2, 0.25) is 11.8 Å². The molecule has 0 spiro atoms. The quantitative estimate of drug-likeness (QED) is 0.607. The first-order valence-electron chi connectivity index (χ1n) is 11.1. The van der Waals surface area contributed by atoms with E-state index in [1.807, 2.05) is 71.0 Å². The molecule has 31 heavy (non-hydrogen) atoms. The number of hydrogen-bond donors (Lipinski definition) is 1. The summed E-state index contributed by atoms with van der Waals surface area (Å²) in [4.78, 5) is 28.2. The highest BCUT2D eigenvalue weighted by Crippen LogP contribution is 2.19. The standard InChI is InChI=1S/C26H36N2O3/c1-7-20(5)27-26(30)24(8-2)28(17-21-11-13-23(31-6)14-12-21)25(29)16-22-15-18(3)9-10-19(22)4/h9-15,20,24H,7-8,16-17H2,1-6H3,(H,27,30)/t20-,24+/m0/s1. The zero-order chi connectivity index (χ0) is 23.0. The number of benzene rings is 2. The number of carbonyl (C=O) groups is 2. The highest BCUT2D eigenvalue weighted by molar-refractivity contribution is 5.88. The Labute approximate surface area is 186 Å². The Hall–Kier alpha value is -2.82. The number of nitrogens with one attached hydrogen (secondary N) is 1. The number of ether oxygens (including phenoxy) is 1. The second kappa shape index (κ2) is 11.5. The number of nitrogens with zero attached hydrogens (tertiary/aromatic N) is 1. The van der Waals surface area contributed by atoms with Gasteiger partial charge in [0.25, 0.3) is 0 Å². The molecule has 2 rings (SSSR count). The van der Waals surface area contributed by atoms with E-state index in [1.165, 1.54) is 0 Å². The van der Waals surface area contributed by atoms with Crippen LogP contribution in [0.4, 0.5) is 0 Å². The Morgan fingerprint density at radius 1 is 1.03 bits per heavy atom. The summed E-state index contributed by atoms with van der Waals surface area (Å²) in [5, 5.41) is 3.05. The van der Waals surface area contributed by atoms with E-state index in [0.717, 1.165) is 34.4 Å². The van der Waals surface area contributed by atoms with Gasteiger partial charge in [-0.15, -0.1) is 0 Å². The molecule has 0 aliphatic carbocycles. The summed E-state index contributed by atoms with van der Waals surface area (Å²) in [5.74, 6) is 0.619. The van der Waals surface area contributed by atoms with Gasteiger partial charge >= 0.3 is 0 Å². The van der Waals surface area contributed by atoms with E-state index in [2.05, 4.69) is 11.4 Å². The minimum absolute atomic E-state index is 0.0457. The Kier molecular flexibility index (Phi) is 9.10. The lowest BCUT2D eigenvalue weighted by molar-refractivity contribution is -0.141. The molecule has 0 aliphatic rings. The monoisotopic (exact) mass is 424 g/mol. The van der Waals surface area contributed by atoms with Crippen LogP contribution in [0.1, 0.15) is 55.9 Å². The molecule has 0 bridgehead atoms. The number of amides is 2. The second-order valence-electron chi connectivity index (χ2n) is 8.22. The number of carbonyl (C=O) groups excluding carboxylic acids is 2. The van der Waals surface area contributed by atoms with Crippen molar-refractivity contribution in [2.45, 2.75) is 72.5 Å². The molecule has 2 aromatic rings. The van der Waals surface area contributed by atoms with Crippen molar-refractivity contribution in [3.8, 4) is 5.75 Å². The van der Waals surface area contributed by atoms with Crippen LogP contribution in [-0.2, 0) is 22.6 Å². The molecule has 5 nitrogen and oxygen atoms in total. The maximum absolute atomic E-state index is 13.5. The smallest absolute Gasteiger partial charge is 0.243 e. The summed E-state index contributed by atoms with van der Waals surface area (Å²) in [6.07, 6.45) is 1.67. The van der Waals surface area contributed by atoms with Gasteiger partial charge in [-0.1, -0.05) is 49.7 Å². The largest absolute Gasteiger partial charge is 0.497 e. The summed E-state index contributed by atoms with van der Waals surface area (Å²) >= 11 is 0. The fourth-order valence-electron chi connectivity index (χ4n) is 3.54. The number of methoxy groups -OCH3 is 1. The van der Waals surface area contributed by atoms with Gasteiger partial charge in [-0.05, 0) is 62.4 Å². The average Bonchev–Trinajstić information content (AvgIpc) is 2.76. The van der Waals surface area contributed by atoms with Crippen molar-refractivity contribution >= 4 is 11.8 Å². The lowest BCUT2D eigenvalue weighted by atomic mass is 10.0. The second-order valence-corrected chi connectivity index (χ2v) is 8.22. The lowest BCUT2D eigenvalue weighted by Gasteiger charge is -2.32. The van der Waals surface area contributed by atoms with E-state index in [-0.39, 0.29) is 24.3 Å². The minimum atomic E-state index is -0.520. The molecule has 0 heterocycles. The molecule has 2 aromatic carbocycles. The van der Waals surface area contributed by atoms with Crippen molar-refractivity contribution in [1.29, 1.82) is 0 Å². The molecule has 1 N–H and O–H groups in total. The SMILES string of the molecule is CC[C@H](C(=O)N[C@@H](C)CC)N(Cc1ccc(OC)cc1)C(=O)Cc1cc(C)ccc1C. The highest BCUT2D eigenvalue weighted by Gasteiger charge is 2.29. The summed E-state index contributed by atoms with van der Waals surface area (Å²) < 4.78 is 5.24. The lowest BCUT2D eigenvalue weighted by Crippen LogP contribution is -2.51. The van der Waals surface area contributed by atoms with Crippen LogP contribution in [0, 0.1) is 13.8 Å². The van der Waals surface area contributed by atoms with Crippen LogP contribution in [0.25, 0.3) is 0 Å². The third kappa shape index (κ3) is 6.84. The Bertz CT molecular complexity index is 877. The van der Waals surface area contributed by atoms with Gasteiger partial charge in [0.05, 0.1) is 13.5 Å². The van der Waals surface area contributed by atoms with Crippen molar-refractivity contribution in [1.82, 2.24) is 10.2 Å². The van der Waals surface area contributed by atoms with Crippen molar-refractivity contribution < 1.29 is 14.3 Å². The number of hydrogen-bond acceptors (Lipinski definition) is 3. The van der Waals surface area contributed by atoms with Gasteiger partial charge in [-0.3, -0.25) is 9.59 Å². The average molecular weight is 425 g/mol. The van der Waals surface area contributed by atoms with Gasteiger partial charge in [0, 0.05) is 12.6 Å². The number of aryl methyl sites for hydroxylation is 2. The molecule has 0 fully saturated rings. The van der Waals surface area contributed by atoms with Crippen molar-refractivity contribution in [2.75, 3.05) is 7.11 Å². The van der Waals surface area contributed by atoms with Crippen LogP contribution in [0.15, 0.2) is 42.5 Å². The van der Waals surface area contributed by atoms with Crippen molar-refractivity contribution in [3.05, 3.63) is 64.7 Å². The zero-order valence-electron chi connectivity index (χ0n) is 19.7. The number of rotatable bonds is 10. The van der Waals surface area contributed by atoms with Crippen LogP contribution < -0.4 is 10.1 Å². The molecule has 2 atom stereocenters. The molecular weight excluding hydrogens is 388 g/mol. The highest BCUT2D eigenvalue weighted by atomic mass is 16.5. The summed E-state index contributed by atoms with van der Waals surface area (Å²) in [6, 6.07) is 13.3. The van der Waals surface area contributed by atoms with Crippen LogP contribution >= 0.6 is 0 Å². The van der Waals surface area contributed by atoms with Gasteiger partial charge in [0.15, 0.2) is 0 Å². The Balaban J connectivity index is 2.33. The van der Waals surface area contributed by atoms with Crippen LogP contribution in [-0.4, -0.2) is 35.9 Å². The third-order valence-corrected chi connectivity index (χ3v) is 5.75. The van der Waals surface area contributed by atoms with Crippen molar-refractivity contribution in [3.63, 3.8) is 0 Å². The molecule has 0 unspecified atom stereocenters. The van der Waals surface area contributed by atoms with E-state index in [0.29, 0.717) is 13.0 Å². The minimum Gasteiger partial charge on any atom is -0.497 e. The zero-order valence-corrected chi connectivity index (χ0v) is 19.7. The van der Waals surface area contributed by atoms with Gasteiger partial charge in [-0.2, -0.15) is 0 Å². The topological polar surface area (TPSA) is 58.6 Å². The molecule has 0 saturated heterocycles. The summed E-state index contributed by atoms with van der Waals surface area (Å²) in [5.41, 5.74) is 4.17. The van der Waals surface area contributed by atoms with Gasteiger partial charge in [-0.25, -0.2) is 0 Å². The fourth-order valence-corrected chi connectivity index (χ4v) is 3.54. The first-order chi connectivity index (χ1) is 14.8. The Morgan fingerprint density at radius 2 is 1.71 bits per heavy atom. The van der Waals surface area contributed by atoms with Crippen LogP contribution in [0.2, 0.25) is 0 Å². The fraction of sp³-hybridized carbons (Fsp3) is 0.462. The van der Waals surface area contributed by atoms with E-state index in [1.54, 1.807) is 12.0 Å². The van der Waals surface area contributed by atoms with E-state index in [4.69, 9.17) is 4.74 Å². The molecule has 0 aliphatic heterocycles. The maximum atomic E-state index is 13.5. The third-order valence-electron chi connectivity index (χ3n) is 5.75. The normalized spacial score (nSPS) is 12.7. The molecule has 5 heteroatoms. The molecule has 0 saturated carbocycles. The van der Waals surface area contributed by atoms with E-state index < -0.39 is 6.04 Å². The van der Waals surface area contributed by atoms with Crippen LogP contribution in [0.3, 0.4) is 0 Å². The molecule has 168 valence electrons. The molecular formula is C26H36N2O3. The van der Waals surface area contributed by atoms with E-state index in [9.17, 15) is 9.59 Å². The molecule has 0 radical (unpaired) electrons. The first-order valence-corrected chi connectivity index (χ1v) is 11.1.